The van der Waals surface area contributed by atoms with Gasteiger partial charge in [0.15, 0.2) is 17.6 Å². The number of nitrogens with one attached hydrogen (secondary N) is 3. The zero-order valence-corrected chi connectivity index (χ0v) is 19.9. The zero-order valence-electron chi connectivity index (χ0n) is 19.1. The highest BCUT2D eigenvalue weighted by Crippen LogP contribution is 2.20. The summed E-state index contributed by atoms with van der Waals surface area (Å²) in [6.07, 6.45) is 3.20. The fourth-order valence-corrected chi connectivity index (χ4v) is 4.13. The van der Waals surface area contributed by atoms with Crippen LogP contribution in [0.5, 0.6) is 0 Å². The SMILES string of the molecule is CC(C)(C)CN/C(=N/C(=O)c1ccc(F)c(F)c1)N[C@H]1CC[C@H](NC(=O)c2cccs2)CC1. The van der Waals surface area contributed by atoms with Crippen LogP contribution in [-0.2, 0) is 0 Å². The van der Waals surface area contributed by atoms with E-state index in [1.165, 1.54) is 17.4 Å². The second-order valence-corrected chi connectivity index (χ2v) is 10.4. The van der Waals surface area contributed by atoms with E-state index in [0.29, 0.717) is 17.4 Å². The number of hydrogen-bond acceptors (Lipinski definition) is 3. The van der Waals surface area contributed by atoms with Crippen molar-refractivity contribution in [1.82, 2.24) is 16.0 Å². The van der Waals surface area contributed by atoms with Crippen molar-refractivity contribution in [2.75, 3.05) is 6.54 Å². The number of thiophene rings is 1. The number of guanidine groups is 1. The number of benzene rings is 1. The van der Waals surface area contributed by atoms with Crippen molar-refractivity contribution in [1.29, 1.82) is 0 Å². The molecule has 178 valence electrons. The monoisotopic (exact) mass is 476 g/mol. The maximum Gasteiger partial charge on any atom is 0.280 e. The molecule has 33 heavy (non-hydrogen) atoms. The van der Waals surface area contributed by atoms with Gasteiger partial charge >= 0.3 is 0 Å². The van der Waals surface area contributed by atoms with Crippen molar-refractivity contribution < 1.29 is 18.4 Å². The van der Waals surface area contributed by atoms with E-state index in [9.17, 15) is 18.4 Å². The third kappa shape index (κ3) is 7.63. The molecule has 1 aliphatic rings. The van der Waals surface area contributed by atoms with Gasteiger partial charge < -0.3 is 16.0 Å². The first-order valence-corrected chi connectivity index (χ1v) is 11.9. The third-order valence-corrected chi connectivity index (χ3v) is 6.18. The first kappa shape index (κ1) is 24.8. The van der Waals surface area contributed by atoms with Crippen LogP contribution in [0.1, 0.15) is 66.5 Å². The van der Waals surface area contributed by atoms with Gasteiger partial charge in [0.05, 0.1) is 4.88 Å². The molecule has 0 aliphatic heterocycles. The Bertz CT molecular complexity index is 994. The number of rotatable bonds is 5. The number of amides is 2. The minimum absolute atomic E-state index is 0.0224. The number of aliphatic imine (C=N–C) groups is 1. The van der Waals surface area contributed by atoms with Gasteiger partial charge in [-0.2, -0.15) is 4.99 Å². The van der Waals surface area contributed by atoms with Crippen molar-refractivity contribution in [3.8, 4) is 0 Å². The molecule has 6 nitrogen and oxygen atoms in total. The van der Waals surface area contributed by atoms with Crippen LogP contribution in [-0.4, -0.2) is 36.4 Å². The second kappa shape index (κ2) is 10.9. The Morgan fingerprint density at radius 2 is 1.70 bits per heavy atom. The van der Waals surface area contributed by atoms with Crippen LogP contribution in [0.2, 0.25) is 0 Å². The molecule has 0 saturated heterocycles. The molecule has 0 bridgehead atoms. The Kier molecular flexibility index (Phi) is 8.18. The average Bonchev–Trinajstić information content (AvgIpc) is 3.30. The molecular formula is C24H30F2N4O2S. The molecule has 0 unspecified atom stereocenters. The van der Waals surface area contributed by atoms with Crippen LogP contribution < -0.4 is 16.0 Å². The molecule has 0 spiro atoms. The highest BCUT2D eigenvalue weighted by Gasteiger charge is 2.24. The summed E-state index contributed by atoms with van der Waals surface area (Å²) >= 11 is 1.42. The lowest BCUT2D eigenvalue weighted by Gasteiger charge is -2.31. The summed E-state index contributed by atoms with van der Waals surface area (Å²) in [5.41, 5.74) is -0.0808. The fourth-order valence-electron chi connectivity index (χ4n) is 3.51. The summed E-state index contributed by atoms with van der Waals surface area (Å²) in [4.78, 5) is 29.7. The quantitative estimate of drug-likeness (QED) is 0.439. The van der Waals surface area contributed by atoms with Gasteiger partial charge in [-0.15, -0.1) is 11.3 Å². The van der Waals surface area contributed by atoms with Gasteiger partial charge in [-0.05, 0) is 60.7 Å². The number of nitrogens with zero attached hydrogens (tertiary/aromatic N) is 1. The Morgan fingerprint density at radius 3 is 2.27 bits per heavy atom. The van der Waals surface area contributed by atoms with E-state index in [1.54, 1.807) is 6.07 Å². The molecule has 0 radical (unpaired) electrons. The molecule has 1 aromatic heterocycles. The smallest absolute Gasteiger partial charge is 0.280 e. The largest absolute Gasteiger partial charge is 0.355 e. The van der Waals surface area contributed by atoms with Gasteiger partial charge in [-0.25, -0.2) is 8.78 Å². The molecule has 1 aliphatic carbocycles. The standard InChI is InChI=1S/C24H30F2N4O2S/c1-24(2,3)14-27-23(30-21(31)15-6-11-18(25)19(26)13-15)29-17-9-7-16(8-10-17)28-22(32)20-5-4-12-33-20/h4-6,11-13,16-17H,7-10,14H2,1-3H3,(H,28,32)(H2,27,29,30,31)/t16-,17-. The summed E-state index contributed by atoms with van der Waals surface area (Å²) in [5.74, 6) is -2.49. The highest BCUT2D eigenvalue weighted by atomic mass is 32.1. The first-order chi connectivity index (χ1) is 15.6. The van der Waals surface area contributed by atoms with Crippen molar-refractivity contribution >= 4 is 29.1 Å². The molecule has 2 amide bonds. The normalized spacial score (nSPS) is 19.1. The lowest BCUT2D eigenvalue weighted by atomic mass is 9.91. The number of carbonyl (C=O) groups excluding carboxylic acids is 2. The Hall–Kier alpha value is -2.81. The van der Waals surface area contributed by atoms with E-state index in [1.807, 2.05) is 11.4 Å². The number of carbonyl (C=O) groups is 2. The van der Waals surface area contributed by atoms with Crippen LogP contribution in [0.25, 0.3) is 0 Å². The molecule has 1 heterocycles. The van der Waals surface area contributed by atoms with Crippen molar-refractivity contribution in [2.45, 2.75) is 58.5 Å². The van der Waals surface area contributed by atoms with Crippen LogP contribution >= 0.6 is 11.3 Å². The Balaban J connectivity index is 1.61. The van der Waals surface area contributed by atoms with E-state index in [2.05, 4.69) is 41.7 Å². The average molecular weight is 477 g/mol. The minimum Gasteiger partial charge on any atom is -0.355 e. The first-order valence-electron chi connectivity index (χ1n) is 11.0. The fraction of sp³-hybridized carbons (Fsp3) is 0.458. The third-order valence-electron chi connectivity index (χ3n) is 5.31. The van der Waals surface area contributed by atoms with E-state index in [4.69, 9.17) is 0 Å². The van der Waals surface area contributed by atoms with Crippen molar-refractivity contribution in [3.05, 3.63) is 57.8 Å². The Morgan fingerprint density at radius 1 is 1.03 bits per heavy atom. The lowest BCUT2D eigenvalue weighted by Crippen LogP contribution is -2.49. The number of halogens is 2. The van der Waals surface area contributed by atoms with Crippen molar-refractivity contribution in [2.24, 2.45) is 10.4 Å². The Labute approximate surface area is 196 Å². The number of hydrogen-bond donors (Lipinski definition) is 3. The summed E-state index contributed by atoms with van der Waals surface area (Å²) in [5, 5.41) is 11.4. The van der Waals surface area contributed by atoms with Gasteiger partial charge in [0.1, 0.15) is 0 Å². The summed E-state index contributed by atoms with van der Waals surface area (Å²) in [6.45, 7) is 6.72. The van der Waals surface area contributed by atoms with Crippen LogP contribution in [0.3, 0.4) is 0 Å². The van der Waals surface area contributed by atoms with Gasteiger partial charge in [0.2, 0.25) is 0 Å². The van der Waals surface area contributed by atoms with E-state index in [0.717, 1.165) is 37.8 Å². The van der Waals surface area contributed by atoms with E-state index in [-0.39, 0.29) is 29.0 Å². The van der Waals surface area contributed by atoms with E-state index < -0.39 is 17.5 Å². The van der Waals surface area contributed by atoms with Gasteiger partial charge in [0.25, 0.3) is 11.8 Å². The molecule has 3 rings (SSSR count). The van der Waals surface area contributed by atoms with Crippen LogP contribution in [0, 0.1) is 17.0 Å². The van der Waals surface area contributed by atoms with Gasteiger partial charge in [0, 0.05) is 24.2 Å². The molecule has 3 N–H and O–H groups in total. The maximum absolute atomic E-state index is 13.5. The van der Waals surface area contributed by atoms with Crippen LogP contribution in [0.4, 0.5) is 8.78 Å². The molecule has 1 saturated carbocycles. The predicted octanol–water partition coefficient (Wildman–Crippen LogP) is 4.49. The van der Waals surface area contributed by atoms with Gasteiger partial charge in [-0.1, -0.05) is 26.8 Å². The summed E-state index contributed by atoms with van der Waals surface area (Å²) in [7, 11) is 0. The molecule has 9 heteroatoms. The molecule has 2 aromatic rings. The van der Waals surface area contributed by atoms with Crippen molar-refractivity contribution in [3.63, 3.8) is 0 Å². The molecule has 0 atom stereocenters. The molecule has 1 aromatic carbocycles. The summed E-state index contributed by atoms with van der Waals surface area (Å²) < 4.78 is 26.7. The topological polar surface area (TPSA) is 82.6 Å². The lowest BCUT2D eigenvalue weighted by molar-refractivity contribution is 0.0927. The van der Waals surface area contributed by atoms with E-state index >= 15 is 0 Å². The summed E-state index contributed by atoms with van der Waals surface area (Å²) in [6, 6.07) is 6.82. The zero-order chi connectivity index (χ0) is 24.0. The molecular weight excluding hydrogens is 446 g/mol. The second-order valence-electron chi connectivity index (χ2n) is 9.45. The predicted molar refractivity (Wildman–Crippen MR) is 127 cm³/mol. The van der Waals surface area contributed by atoms with Crippen LogP contribution in [0.15, 0.2) is 40.7 Å². The maximum atomic E-state index is 13.5. The minimum atomic E-state index is -1.09. The molecule has 1 fully saturated rings. The van der Waals surface area contributed by atoms with Gasteiger partial charge in [-0.3, -0.25) is 9.59 Å². The highest BCUT2D eigenvalue weighted by molar-refractivity contribution is 7.12.